The van der Waals surface area contributed by atoms with Gasteiger partial charge in [-0.15, -0.1) is 0 Å². The Balaban J connectivity index is 2.09. The van der Waals surface area contributed by atoms with Crippen molar-refractivity contribution >= 4 is 17.5 Å². The first-order valence-electron chi connectivity index (χ1n) is 13.3. The molecular weight excluding hydrogens is 460 g/mol. The molecule has 200 valence electrons. The van der Waals surface area contributed by atoms with E-state index in [-0.39, 0.29) is 23.3 Å². The van der Waals surface area contributed by atoms with Crippen LogP contribution in [-0.2, 0) is 15.0 Å². The zero-order valence-electron chi connectivity index (χ0n) is 23.8. The summed E-state index contributed by atoms with van der Waals surface area (Å²) in [6.45, 7) is 17.6. The molecule has 1 aromatic heterocycles. The molecule has 2 heterocycles. The number of benzene rings is 1. The molecule has 0 aliphatic carbocycles. The molecule has 3 rings (SSSR count). The van der Waals surface area contributed by atoms with Crippen LogP contribution < -0.4 is 10.2 Å². The fourth-order valence-corrected chi connectivity index (χ4v) is 4.83. The second kappa shape index (κ2) is 11.5. The number of carbonyl (C=O) groups excluding carboxylic acids is 2. The second-order valence-corrected chi connectivity index (χ2v) is 12.1. The lowest BCUT2D eigenvalue weighted by molar-refractivity contribution is -0.127. The number of hydrogen-bond donors (Lipinski definition) is 1. The van der Waals surface area contributed by atoms with Crippen LogP contribution in [0.15, 0.2) is 60.4 Å². The van der Waals surface area contributed by atoms with Gasteiger partial charge in [0.05, 0.1) is 0 Å². The van der Waals surface area contributed by atoms with E-state index in [4.69, 9.17) is 0 Å². The van der Waals surface area contributed by atoms with Gasteiger partial charge in [0, 0.05) is 53.9 Å². The van der Waals surface area contributed by atoms with Gasteiger partial charge in [-0.1, -0.05) is 45.0 Å². The monoisotopic (exact) mass is 504 g/mol. The van der Waals surface area contributed by atoms with Crippen molar-refractivity contribution in [2.45, 2.75) is 91.3 Å². The largest absolute Gasteiger partial charge is 0.354 e. The first-order valence-corrected chi connectivity index (χ1v) is 13.3. The highest BCUT2D eigenvalue weighted by Gasteiger charge is 2.36. The van der Waals surface area contributed by atoms with Gasteiger partial charge in [-0.05, 0) is 76.6 Å². The van der Waals surface area contributed by atoms with E-state index in [0.717, 1.165) is 36.2 Å². The summed E-state index contributed by atoms with van der Waals surface area (Å²) < 4.78 is 0. The Kier molecular flexibility index (Phi) is 8.83. The standard InChI is InChI=1S/C31H44N4O2/c1-9-22(2)29(37)34-19-11-13-26(34)21-35(25-16-14-24(15-17-25)30(3,4)5)27(23-12-10-18-32-20-23)28(36)33-31(6,7)8/h9-10,12,14-18,20,26-27H,11,13,19,21H2,1-8H3,(H,33,36)/b22-9+. The highest BCUT2D eigenvalue weighted by Crippen LogP contribution is 2.33. The first-order chi connectivity index (χ1) is 17.3. The molecule has 1 N–H and O–H groups in total. The summed E-state index contributed by atoms with van der Waals surface area (Å²) in [4.78, 5) is 35.5. The van der Waals surface area contributed by atoms with Crippen LogP contribution >= 0.6 is 0 Å². The summed E-state index contributed by atoms with van der Waals surface area (Å²) in [5, 5.41) is 3.19. The van der Waals surface area contributed by atoms with Crippen molar-refractivity contribution < 1.29 is 9.59 Å². The molecular formula is C31H44N4O2. The molecule has 2 aromatic rings. The van der Waals surface area contributed by atoms with E-state index >= 15 is 0 Å². The third kappa shape index (κ3) is 7.21. The lowest BCUT2D eigenvalue weighted by Crippen LogP contribution is -2.51. The van der Waals surface area contributed by atoms with Gasteiger partial charge < -0.3 is 15.1 Å². The van der Waals surface area contributed by atoms with Gasteiger partial charge in [0.1, 0.15) is 6.04 Å². The second-order valence-electron chi connectivity index (χ2n) is 12.1. The average Bonchev–Trinajstić information content (AvgIpc) is 3.30. The average molecular weight is 505 g/mol. The molecule has 2 atom stereocenters. The number of aromatic nitrogens is 1. The topological polar surface area (TPSA) is 65.5 Å². The summed E-state index contributed by atoms with van der Waals surface area (Å²) in [6.07, 6.45) is 7.22. The number of anilines is 1. The first kappa shape index (κ1) is 28.4. The number of allylic oxidation sites excluding steroid dienone is 1. The van der Waals surface area contributed by atoms with E-state index in [2.05, 4.69) is 60.2 Å². The fourth-order valence-electron chi connectivity index (χ4n) is 4.83. The van der Waals surface area contributed by atoms with E-state index in [9.17, 15) is 9.59 Å². The van der Waals surface area contributed by atoms with Crippen molar-refractivity contribution in [3.05, 3.63) is 71.6 Å². The predicted molar refractivity (Wildman–Crippen MR) is 152 cm³/mol. The summed E-state index contributed by atoms with van der Waals surface area (Å²) in [5.74, 6) is -0.00833. The quantitative estimate of drug-likeness (QED) is 0.484. The molecule has 0 bridgehead atoms. The number of rotatable bonds is 7. The van der Waals surface area contributed by atoms with Crippen LogP contribution in [0.25, 0.3) is 0 Å². The van der Waals surface area contributed by atoms with Gasteiger partial charge in [-0.3, -0.25) is 14.6 Å². The van der Waals surface area contributed by atoms with E-state index in [0.29, 0.717) is 6.54 Å². The van der Waals surface area contributed by atoms with Crippen LogP contribution in [0.1, 0.15) is 85.4 Å². The van der Waals surface area contributed by atoms with Gasteiger partial charge in [0.15, 0.2) is 0 Å². The Morgan fingerprint density at radius 3 is 2.35 bits per heavy atom. The maximum Gasteiger partial charge on any atom is 0.249 e. The number of amides is 2. The molecule has 37 heavy (non-hydrogen) atoms. The maximum atomic E-state index is 13.9. The number of likely N-dealkylation sites (tertiary alicyclic amines) is 1. The molecule has 1 saturated heterocycles. The lowest BCUT2D eigenvalue weighted by atomic mass is 9.87. The number of carbonyl (C=O) groups is 2. The van der Waals surface area contributed by atoms with Gasteiger partial charge >= 0.3 is 0 Å². The lowest BCUT2D eigenvalue weighted by Gasteiger charge is -2.38. The molecule has 1 aliphatic rings. The molecule has 0 radical (unpaired) electrons. The number of hydrogen-bond acceptors (Lipinski definition) is 4. The zero-order chi connectivity index (χ0) is 27.4. The summed E-state index contributed by atoms with van der Waals surface area (Å²) in [7, 11) is 0. The third-order valence-electron chi connectivity index (χ3n) is 6.94. The maximum absolute atomic E-state index is 13.9. The molecule has 6 nitrogen and oxygen atoms in total. The highest BCUT2D eigenvalue weighted by molar-refractivity contribution is 5.93. The summed E-state index contributed by atoms with van der Waals surface area (Å²) in [5.41, 5.74) is 3.39. The van der Waals surface area contributed by atoms with Crippen LogP contribution in [0, 0.1) is 0 Å². The molecule has 0 saturated carbocycles. The van der Waals surface area contributed by atoms with Crippen molar-refractivity contribution in [2.24, 2.45) is 0 Å². The van der Waals surface area contributed by atoms with Crippen molar-refractivity contribution in [2.75, 3.05) is 18.0 Å². The van der Waals surface area contributed by atoms with E-state index < -0.39 is 11.6 Å². The molecule has 6 heteroatoms. The Labute approximate surface area is 223 Å². The van der Waals surface area contributed by atoms with E-state index in [1.807, 2.05) is 57.7 Å². The van der Waals surface area contributed by atoms with Crippen LogP contribution in [0.4, 0.5) is 5.69 Å². The molecule has 1 aliphatic heterocycles. The fraction of sp³-hybridized carbons (Fsp3) is 0.516. The Hall–Kier alpha value is -3.15. The number of nitrogens with one attached hydrogen (secondary N) is 1. The van der Waals surface area contributed by atoms with Crippen LogP contribution in [-0.4, -0.2) is 46.4 Å². The van der Waals surface area contributed by atoms with Gasteiger partial charge in [0.25, 0.3) is 0 Å². The molecule has 1 aromatic carbocycles. The SMILES string of the molecule is C/C=C(\C)C(=O)N1CCCC1CN(c1ccc(C(C)(C)C)cc1)C(C(=O)NC(C)(C)C)c1cccnc1. The van der Waals surface area contributed by atoms with Crippen LogP contribution in [0.3, 0.4) is 0 Å². The van der Waals surface area contributed by atoms with Crippen LogP contribution in [0.2, 0.25) is 0 Å². The normalized spacial score (nSPS) is 17.5. The molecule has 2 amide bonds. The van der Waals surface area contributed by atoms with E-state index in [1.54, 1.807) is 12.4 Å². The van der Waals surface area contributed by atoms with Crippen molar-refractivity contribution in [1.82, 2.24) is 15.2 Å². The van der Waals surface area contributed by atoms with Gasteiger partial charge in [0.2, 0.25) is 11.8 Å². The molecule has 0 spiro atoms. The number of pyridine rings is 1. The Morgan fingerprint density at radius 1 is 1.14 bits per heavy atom. The zero-order valence-corrected chi connectivity index (χ0v) is 23.8. The van der Waals surface area contributed by atoms with Crippen molar-refractivity contribution in [1.29, 1.82) is 0 Å². The Morgan fingerprint density at radius 2 is 1.81 bits per heavy atom. The van der Waals surface area contributed by atoms with Crippen LogP contribution in [0.5, 0.6) is 0 Å². The number of nitrogens with zero attached hydrogens (tertiary/aromatic N) is 3. The summed E-state index contributed by atoms with van der Waals surface area (Å²) >= 11 is 0. The van der Waals surface area contributed by atoms with Crippen molar-refractivity contribution in [3.63, 3.8) is 0 Å². The minimum absolute atomic E-state index is 0.00583. The summed E-state index contributed by atoms with van der Waals surface area (Å²) in [6, 6.07) is 11.7. The minimum Gasteiger partial charge on any atom is -0.354 e. The van der Waals surface area contributed by atoms with Crippen molar-refractivity contribution in [3.8, 4) is 0 Å². The van der Waals surface area contributed by atoms with E-state index in [1.165, 1.54) is 5.56 Å². The van der Waals surface area contributed by atoms with Gasteiger partial charge in [-0.25, -0.2) is 0 Å². The Bertz CT molecular complexity index is 1090. The smallest absolute Gasteiger partial charge is 0.249 e. The highest BCUT2D eigenvalue weighted by atomic mass is 16.2. The third-order valence-corrected chi connectivity index (χ3v) is 6.94. The minimum atomic E-state index is -0.589. The predicted octanol–water partition coefficient (Wildman–Crippen LogP) is 5.80. The molecule has 1 fully saturated rings. The van der Waals surface area contributed by atoms with Gasteiger partial charge in [-0.2, -0.15) is 0 Å². The molecule has 2 unspecified atom stereocenters.